The van der Waals surface area contributed by atoms with E-state index in [-0.39, 0.29) is 5.91 Å². The summed E-state index contributed by atoms with van der Waals surface area (Å²) in [5.41, 5.74) is 3.26. The number of nitrogens with one attached hydrogen (secondary N) is 3. The number of rotatable bonds is 4. The van der Waals surface area contributed by atoms with Crippen LogP contribution < -0.4 is 15.5 Å². The molecule has 0 saturated carbocycles. The monoisotopic (exact) mass is 408 g/mol. The predicted octanol–water partition coefficient (Wildman–Crippen LogP) is 5.27. The van der Waals surface area contributed by atoms with Gasteiger partial charge in [-0.05, 0) is 53.4 Å². The van der Waals surface area contributed by atoms with Crippen LogP contribution in [0.15, 0.2) is 66.1 Å². The lowest BCUT2D eigenvalue weighted by atomic mass is 10.2. The van der Waals surface area contributed by atoms with Gasteiger partial charge in [-0.25, -0.2) is 0 Å². The van der Waals surface area contributed by atoms with Gasteiger partial charge in [0.25, 0.3) is 0 Å². The lowest BCUT2D eigenvalue weighted by Crippen LogP contribution is -2.39. The molecule has 1 aliphatic rings. The Bertz CT molecular complexity index is 1060. The van der Waals surface area contributed by atoms with E-state index in [2.05, 4.69) is 10.6 Å². The third-order valence-electron chi connectivity index (χ3n) is 4.35. The van der Waals surface area contributed by atoms with Gasteiger partial charge in [-0.1, -0.05) is 29.8 Å². The maximum absolute atomic E-state index is 12.1. The van der Waals surface area contributed by atoms with Crippen molar-refractivity contribution in [2.75, 3.05) is 22.2 Å². The van der Waals surface area contributed by atoms with Gasteiger partial charge in [0.15, 0.2) is 0 Å². The minimum Gasteiger partial charge on any atom is -0.359 e. The summed E-state index contributed by atoms with van der Waals surface area (Å²) in [4.78, 5) is 14.0. The molecule has 5 nitrogen and oxygen atoms in total. The molecule has 2 aromatic carbocycles. The van der Waals surface area contributed by atoms with Gasteiger partial charge in [-0.3, -0.25) is 10.2 Å². The van der Waals surface area contributed by atoms with Crippen LogP contribution in [0.2, 0.25) is 5.02 Å². The Morgan fingerprint density at radius 1 is 1.18 bits per heavy atom. The fraction of sp³-hybridized carbons (Fsp3) is 0.0476. The van der Waals surface area contributed by atoms with Crippen LogP contribution in [0.1, 0.15) is 11.1 Å². The number of amides is 1. The standard InChI is InChI=1S/C21H17ClN4OS/c22-18-4-2-1-3-14(18)5-10-19(27)25-15-6-8-16(9-7-15)26-13-24-21-17(20(26)23)11-12-28-21/h1-12,23-24H,13H2,(H,25,27)/b10-5+,23-20?. The smallest absolute Gasteiger partial charge is 0.248 e. The molecule has 0 spiro atoms. The lowest BCUT2D eigenvalue weighted by Gasteiger charge is -2.30. The fourth-order valence-corrected chi connectivity index (χ4v) is 3.89. The van der Waals surface area contributed by atoms with E-state index in [0.29, 0.717) is 23.2 Å². The molecular formula is C21H17ClN4OS. The van der Waals surface area contributed by atoms with E-state index in [1.54, 1.807) is 23.5 Å². The van der Waals surface area contributed by atoms with E-state index in [0.717, 1.165) is 21.8 Å². The van der Waals surface area contributed by atoms with Gasteiger partial charge >= 0.3 is 0 Å². The van der Waals surface area contributed by atoms with Crippen LogP contribution in [0.25, 0.3) is 6.08 Å². The molecule has 3 aromatic rings. The first-order valence-corrected chi connectivity index (χ1v) is 9.89. The summed E-state index contributed by atoms with van der Waals surface area (Å²) in [6, 6.07) is 16.7. The van der Waals surface area contributed by atoms with E-state index < -0.39 is 0 Å². The van der Waals surface area contributed by atoms with Gasteiger partial charge in [-0.15, -0.1) is 11.3 Å². The Kier molecular flexibility index (Phi) is 5.14. The fourth-order valence-electron chi connectivity index (χ4n) is 2.91. The number of nitrogens with zero attached hydrogens (tertiary/aromatic N) is 1. The third-order valence-corrected chi connectivity index (χ3v) is 5.57. The van der Waals surface area contributed by atoms with Crippen molar-refractivity contribution in [2.45, 2.75) is 0 Å². The second-order valence-electron chi connectivity index (χ2n) is 6.17. The zero-order chi connectivity index (χ0) is 19.5. The number of carbonyl (C=O) groups excluding carboxylic acids is 1. The SMILES string of the molecule is N=C1c2ccsc2NCN1c1ccc(NC(=O)/C=C/c2ccccc2Cl)cc1. The number of carbonyl (C=O) groups is 1. The van der Waals surface area contributed by atoms with Crippen molar-refractivity contribution in [3.63, 3.8) is 0 Å². The molecule has 3 N–H and O–H groups in total. The second-order valence-corrected chi connectivity index (χ2v) is 7.49. The molecule has 0 fully saturated rings. The molecule has 4 rings (SSSR count). The summed E-state index contributed by atoms with van der Waals surface area (Å²) in [6.45, 7) is 0.540. The zero-order valence-corrected chi connectivity index (χ0v) is 16.3. The number of thiophene rings is 1. The molecule has 1 aromatic heterocycles. The zero-order valence-electron chi connectivity index (χ0n) is 14.8. The largest absolute Gasteiger partial charge is 0.359 e. The van der Waals surface area contributed by atoms with Gasteiger partial charge in [0.05, 0.1) is 12.2 Å². The molecule has 0 unspecified atom stereocenters. The predicted molar refractivity (Wildman–Crippen MR) is 118 cm³/mol. The van der Waals surface area contributed by atoms with Crippen LogP contribution in [0.3, 0.4) is 0 Å². The van der Waals surface area contributed by atoms with Crippen molar-refractivity contribution in [1.82, 2.24) is 0 Å². The van der Waals surface area contributed by atoms with E-state index in [4.69, 9.17) is 17.0 Å². The number of fused-ring (bicyclic) bond motifs is 1. The van der Waals surface area contributed by atoms with E-state index in [9.17, 15) is 4.79 Å². The first kappa shape index (κ1) is 18.3. The number of amidine groups is 1. The molecule has 0 saturated heterocycles. The molecular weight excluding hydrogens is 392 g/mol. The summed E-state index contributed by atoms with van der Waals surface area (Å²) in [5.74, 6) is 0.234. The van der Waals surface area contributed by atoms with E-state index in [1.165, 1.54) is 6.08 Å². The highest BCUT2D eigenvalue weighted by molar-refractivity contribution is 7.14. The topological polar surface area (TPSA) is 68.2 Å². The first-order valence-electron chi connectivity index (χ1n) is 8.63. The number of benzene rings is 2. The highest BCUT2D eigenvalue weighted by atomic mass is 35.5. The third kappa shape index (κ3) is 3.78. The summed E-state index contributed by atoms with van der Waals surface area (Å²) in [6.07, 6.45) is 3.14. The molecule has 2 heterocycles. The van der Waals surface area contributed by atoms with Crippen LogP contribution >= 0.6 is 22.9 Å². The quantitative estimate of drug-likeness (QED) is 0.515. The molecule has 0 bridgehead atoms. The van der Waals surface area contributed by atoms with Crippen LogP contribution in [0.4, 0.5) is 16.4 Å². The highest BCUT2D eigenvalue weighted by Gasteiger charge is 2.22. The average Bonchev–Trinajstić information content (AvgIpc) is 3.18. The van der Waals surface area contributed by atoms with Crippen molar-refractivity contribution in [1.29, 1.82) is 5.41 Å². The van der Waals surface area contributed by atoms with Crippen molar-refractivity contribution in [3.8, 4) is 0 Å². The molecule has 0 atom stereocenters. The van der Waals surface area contributed by atoms with Crippen molar-refractivity contribution in [3.05, 3.63) is 82.2 Å². The molecule has 0 radical (unpaired) electrons. The van der Waals surface area contributed by atoms with Crippen LogP contribution in [-0.4, -0.2) is 18.4 Å². The van der Waals surface area contributed by atoms with Crippen LogP contribution in [0, 0.1) is 5.41 Å². The van der Waals surface area contributed by atoms with Crippen LogP contribution in [-0.2, 0) is 4.79 Å². The normalized spacial score (nSPS) is 13.3. The van der Waals surface area contributed by atoms with E-state index in [1.807, 2.05) is 58.8 Å². The summed E-state index contributed by atoms with van der Waals surface area (Å²) in [7, 11) is 0. The van der Waals surface area contributed by atoms with E-state index >= 15 is 0 Å². The van der Waals surface area contributed by atoms with Crippen molar-refractivity contribution >= 4 is 57.1 Å². The highest BCUT2D eigenvalue weighted by Crippen LogP contribution is 2.30. The van der Waals surface area contributed by atoms with Gasteiger partial charge in [0.1, 0.15) is 10.8 Å². The molecule has 1 amide bonds. The van der Waals surface area contributed by atoms with Crippen LogP contribution in [0.5, 0.6) is 0 Å². The molecule has 0 aliphatic carbocycles. The Morgan fingerprint density at radius 3 is 2.75 bits per heavy atom. The Balaban J connectivity index is 1.42. The average molecular weight is 409 g/mol. The summed E-state index contributed by atoms with van der Waals surface area (Å²) < 4.78 is 0. The Morgan fingerprint density at radius 2 is 1.96 bits per heavy atom. The number of anilines is 3. The number of halogens is 1. The summed E-state index contributed by atoms with van der Waals surface area (Å²) >= 11 is 7.68. The number of hydrogen-bond donors (Lipinski definition) is 3. The number of hydrogen-bond acceptors (Lipinski definition) is 4. The Hall–Kier alpha value is -3.09. The van der Waals surface area contributed by atoms with Gasteiger partial charge in [0.2, 0.25) is 5.91 Å². The van der Waals surface area contributed by atoms with Crippen molar-refractivity contribution in [2.24, 2.45) is 0 Å². The lowest BCUT2D eigenvalue weighted by molar-refractivity contribution is -0.111. The molecule has 7 heteroatoms. The van der Waals surface area contributed by atoms with Gasteiger partial charge in [0, 0.05) is 22.5 Å². The first-order chi connectivity index (χ1) is 13.6. The van der Waals surface area contributed by atoms with Crippen molar-refractivity contribution < 1.29 is 4.79 Å². The maximum Gasteiger partial charge on any atom is 0.248 e. The molecule has 28 heavy (non-hydrogen) atoms. The Labute approximate surface area is 171 Å². The minimum atomic E-state index is -0.233. The minimum absolute atomic E-state index is 0.233. The van der Waals surface area contributed by atoms with Gasteiger partial charge < -0.3 is 15.5 Å². The molecule has 1 aliphatic heterocycles. The van der Waals surface area contributed by atoms with Gasteiger partial charge in [-0.2, -0.15) is 0 Å². The maximum atomic E-state index is 12.1. The summed E-state index contributed by atoms with van der Waals surface area (Å²) in [5, 5.41) is 18.2. The molecule has 140 valence electrons. The second kappa shape index (κ2) is 7.88.